The van der Waals surface area contributed by atoms with Gasteiger partial charge in [-0.3, -0.25) is 4.68 Å². The number of aliphatic hydroxyl groups is 1. The largest absolute Gasteiger partial charge is 0.489 e. The summed E-state index contributed by atoms with van der Waals surface area (Å²) in [6, 6.07) is 18.1. The topological polar surface area (TPSA) is 47.3 Å². The van der Waals surface area contributed by atoms with Crippen molar-refractivity contribution in [2.24, 2.45) is 0 Å². The zero-order chi connectivity index (χ0) is 16.9. The molecule has 24 heavy (non-hydrogen) atoms. The van der Waals surface area contributed by atoms with E-state index in [4.69, 9.17) is 4.74 Å². The fourth-order valence-electron chi connectivity index (χ4n) is 2.78. The van der Waals surface area contributed by atoms with Crippen LogP contribution in [0.15, 0.2) is 60.8 Å². The number of nitrogens with zero attached hydrogens (tertiary/aromatic N) is 2. The van der Waals surface area contributed by atoms with Gasteiger partial charge in [-0.25, -0.2) is 0 Å². The number of ether oxygens (including phenoxy) is 1. The van der Waals surface area contributed by atoms with E-state index in [9.17, 15) is 5.11 Å². The third-order valence-corrected chi connectivity index (χ3v) is 3.96. The van der Waals surface area contributed by atoms with Crippen LogP contribution in [0.3, 0.4) is 0 Å². The summed E-state index contributed by atoms with van der Waals surface area (Å²) in [6.07, 6.45) is 1.79. The molecule has 1 N–H and O–H groups in total. The number of rotatable bonds is 6. The van der Waals surface area contributed by atoms with E-state index < -0.39 is 0 Å². The summed E-state index contributed by atoms with van der Waals surface area (Å²) >= 11 is 0. The molecule has 0 unspecified atom stereocenters. The minimum absolute atomic E-state index is 0.0798. The maximum Gasteiger partial charge on any atom is 0.126 e. The summed E-state index contributed by atoms with van der Waals surface area (Å²) in [4.78, 5) is 0. The summed E-state index contributed by atoms with van der Waals surface area (Å²) in [5, 5.41) is 14.3. The summed E-state index contributed by atoms with van der Waals surface area (Å²) in [7, 11) is 0. The molecule has 0 radical (unpaired) electrons. The predicted octanol–water partition coefficient (Wildman–Crippen LogP) is 4.20. The fraction of sp³-hybridized carbons (Fsp3) is 0.250. The van der Waals surface area contributed by atoms with Crippen LogP contribution >= 0.6 is 0 Å². The van der Waals surface area contributed by atoms with Gasteiger partial charge in [-0.1, -0.05) is 42.5 Å². The third-order valence-electron chi connectivity index (χ3n) is 3.96. The van der Waals surface area contributed by atoms with Gasteiger partial charge in [-0.05, 0) is 31.5 Å². The Morgan fingerprint density at radius 1 is 1.04 bits per heavy atom. The van der Waals surface area contributed by atoms with Crippen molar-refractivity contribution in [1.82, 2.24) is 9.78 Å². The average Bonchev–Trinajstić information content (AvgIpc) is 3.10. The van der Waals surface area contributed by atoms with Crippen LogP contribution in [-0.4, -0.2) is 14.9 Å². The molecular formula is C20H22N2O2. The molecule has 0 amide bonds. The second-order valence-electron chi connectivity index (χ2n) is 5.97. The lowest BCUT2D eigenvalue weighted by molar-refractivity contribution is 0.259. The van der Waals surface area contributed by atoms with Gasteiger partial charge in [0.15, 0.2) is 0 Å². The Balaban J connectivity index is 1.93. The van der Waals surface area contributed by atoms with Crippen LogP contribution in [0.5, 0.6) is 5.75 Å². The Bertz CT molecular complexity index is 794. The van der Waals surface area contributed by atoms with Gasteiger partial charge in [-0.2, -0.15) is 5.10 Å². The molecule has 3 aromatic rings. The van der Waals surface area contributed by atoms with Gasteiger partial charge < -0.3 is 9.84 Å². The van der Waals surface area contributed by atoms with Crippen LogP contribution in [0.1, 0.15) is 31.0 Å². The Morgan fingerprint density at radius 3 is 2.54 bits per heavy atom. The highest BCUT2D eigenvalue weighted by Gasteiger charge is 2.15. The molecule has 4 nitrogen and oxygen atoms in total. The summed E-state index contributed by atoms with van der Waals surface area (Å²) < 4.78 is 7.92. The molecule has 124 valence electrons. The van der Waals surface area contributed by atoms with Crippen molar-refractivity contribution in [1.29, 1.82) is 0 Å². The van der Waals surface area contributed by atoms with Crippen LogP contribution in [0.2, 0.25) is 0 Å². The lowest BCUT2D eigenvalue weighted by Crippen LogP contribution is -2.06. The van der Waals surface area contributed by atoms with Gasteiger partial charge in [0.2, 0.25) is 0 Å². The number of hydrogen-bond donors (Lipinski definition) is 1. The first-order valence-corrected chi connectivity index (χ1v) is 8.14. The number of aromatic nitrogens is 2. The highest BCUT2D eigenvalue weighted by atomic mass is 16.5. The first-order valence-electron chi connectivity index (χ1n) is 8.14. The summed E-state index contributed by atoms with van der Waals surface area (Å²) in [5.41, 5.74) is 3.82. The van der Waals surface area contributed by atoms with Crippen molar-refractivity contribution in [2.45, 2.75) is 33.1 Å². The molecule has 1 heterocycles. The molecule has 0 atom stereocenters. The van der Waals surface area contributed by atoms with Crippen molar-refractivity contribution in [2.75, 3.05) is 0 Å². The smallest absolute Gasteiger partial charge is 0.126 e. The van der Waals surface area contributed by atoms with E-state index in [2.05, 4.69) is 18.9 Å². The molecule has 0 aliphatic rings. The van der Waals surface area contributed by atoms with Crippen molar-refractivity contribution in [3.8, 4) is 17.0 Å². The SMILES string of the molecule is CC(C)n1nccc1-c1cccc(OCc2ccccc2)c1CO. The van der Waals surface area contributed by atoms with E-state index in [1.54, 1.807) is 6.20 Å². The molecular weight excluding hydrogens is 300 g/mol. The quantitative estimate of drug-likeness (QED) is 0.740. The first kappa shape index (κ1) is 16.3. The Morgan fingerprint density at radius 2 is 1.83 bits per heavy atom. The molecule has 1 aromatic heterocycles. The zero-order valence-corrected chi connectivity index (χ0v) is 14.0. The minimum Gasteiger partial charge on any atom is -0.489 e. The Kier molecular flexibility index (Phi) is 4.96. The fourth-order valence-corrected chi connectivity index (χ4v) is 2.78. The van der Waals surface area contributed by atoms with E-state index >= 15 is 0 Å². The molecule has 0 saturated heterocycles. The average molecular weight is 322 g/mol. The molecule has 0 aliphatic carbocycles. The minimum atomic E-state index is -0.0798. The first-order chi connectivity index (χ1) is 11.7. The number of aliphatic hydroxyl groups excluding tert-OH is 1. The predicted molar refractivity (Wildman–Crippen MR) is 94.7 cm³/mol. The normalized spacial score (nSPS) is 11.0. The Hall–Kier alpha value is -2.59. The van der Waals surface area contributed by atoms with Crippen LogP contribution in [0, 0.1) is 0 Å². The summed E-state index contributed by atoms with van der Waals surface area (Å²) in [6.45, 7) is 4.57. The molecule has 0 aliphatic heterocycles. The second kappa shape index (κ2) is 7.32. The highest BCUT2D eigenvalue weighted by molar-refractivity contribution is 5.67. The molecule has 0 bridgehead atoms. The molecule has 0 fully saturated rings. The molecule has 2 aromatic carbocycles. The molecule has 0 saturated carbocycles. The van der Waals surface area contributed by atoms with E-state index in [1.165, 1.54) is 0 Å². The maximum atomic E-state index is 9.92. The van der Waals surface area contributed by atoms with Crippen LogP contribution < -0.4 is 4.74 Å². The molecule has 3 rings (SSSR count). The van der Waals surface area contributed by atoms with Gasteiger partial charge in [-0.15, -0.1) is 0 Å². The number of benzene rings is 2. The van der Waals surface area contributed by atoms with Crippen molar-refractivity contribution < 1.29 is 9.84 Å². The van der Waals surface area contributed by atoms with Gasteiger partial charge in [0.05, 0.1) is 12.3 Å². The molecule has 4 heteroatoms. The molecule has 0 spiro atoms. The lowest BCUT2D eigenvalue weighted by Gasteiger charge is -2.17. The number of hydrogen-bond acceptors (Lipinski definition) is 3. The lowest BCUT2D eigenvalue weighted by atomic mass is 10.0. The zero-order valence-electron chi connectivity index (χ0n) is 14.0. The van der Waals surface area contributed by atoms with Crippen LogP contribution in [-0.2, 0) is 13.2 Å². The van der Waals surface area contributed by atoms with E-state index in [0.29, 0.717) is 12.4 Å². The highest BCUT2D eigenvalue weighted by Crippen LogP contribution is 2.32. The van der Waals surface area contributed by atoms with Crippen molar-refractivity contribution in [3.63, 3.8) is 0 Å². The monoisotopic (exact) mass is 322 g/mol. The van der Waals surface area contributed by atoms with Crippen LogP contribution in [0.25, 0.3) is 11.3 Å². The summed E-state index contributed by atoms with van der Waals surface area (Å²) in [5.74, 6) is 0.704. The van der Waals surface area contributed by atoms with Crippen molar-refractivity contribution >= 4 is 0 Å². The van der Waals surface area contributed by atoms with E-state index in [-0.39, 0.29) is 12.6 Å². The van der Waals surface area contributed by atoms with Gasteiger partial charge in [0.25, 0.3) is 0 Å². The third kappa shape index (κ3) is 3.34. The van der Waals surface area contributed by atoms with Gasteiger partial charge in [0.1, 0.15) is 12.4 Å². The standard InChI is InChI=1S/C20H22N2O2/c1-15(2)22-19(11-12-21-22)17-9-6-10-20(18(17)13-23)24-14-16-7-4-3-5-8-16/h3-12,15,23H,13-14H2,1-2H3. The second-order valence-corrected chi connectivity index (χ2v) is 5.97. The van der Waals surface area contributed by atoms with E-state index in [1.807, 2.05) is 59.3 Å². The van der Waals surface area contributed by atoms with Gasteiger partial charge >= 0.3 is 0 Å². The van der Waals surface area contributed by atoms with Crippen molar-refractivity contribution in [3.05, 3.63) is 71.9 Å². The Labute approximate surface area is 142 Å². The maximum absolute atomic E-state index is 9.92. The van der Waals surface area contributed by atoms with Crippen LogP contribution in [0.4, 0.5) is 0 Å². The van der Waals surface area contributed by atoms with Gasteiger partial charge in [0, 0.05) is 23.4 Å². The van der Waals surface area contributed by atoms with E-state index in [0.717, 1.165) is 22.4 Å².